The van der Waals surface area contributed by atoms with Gasteiger partial charge in [-0.25, -0.2) is 18.4 Å². The molecule has 34 heavy (non-hydrogen) atoms. The second-order valence-corrected chi connectivity index (χ2v) is 10.7. The number of anilines is 1. The summed E-state index contributed by atoms with van der Waals surface area (Å²) in [7, 11) is -3.39. The van der Waals surface area contributed by atoms with Gasteiger partial charge in [0.1, 0.15) is 11.1 Å². The maximum atomic E-state index is 13.1. The number of aromatic nitrogens is 3. The molecule has 0 unspecified atom stereocenters. The van der Waals surface area contributed by atoms with E-state index in [0.717, 1.165) is 0 Å². The van der Waals surface area contributed by atoms with E-state index in [-0.39, 0.29) is 22.7 Å². The Kier molecular flexibility index (Phi) is 4.94. The van der Waals surface area contributed by atoms with Crippen molar-refractivity contribution in [2.75, 3.05) is 4.90 Å². The number of carbonyl (C=O) groups excluding carboxylic acids is 1. The number of nitro groups is 1. The number of carbonyl (C=O) groups is 1. The van der Waals surface area contributed by atoms with Gasteiger partial charge in [0.25, 0.3) is 11.6 Å². The molecule has 0 spiro atoms. The van der Waals surface area contributed by atoms with Crippen LogP contribution in [-0.2, 0) is 16.4 Å². The third kappa shape index (κ3) is 3.32. The van der Waals surface area contributed by atoms with Gasteiger partial charge in [-0.1, -0.05) is 24.3 Å². The zero-order valence-electron chi connectivity index (χ0n) is 18.2. The molecule has 1 aliphatic rings. The number of benzene rings is 2. The smallest absolute Gasteiger partial charge is 0.282 e. The number of nitrogens with zero attached hydrogens (tertiary/aromatic N) is 4. The molecule has 10 nitrogen and oxygen atoms in total. The summed E-state index contributed by atoms with van der Waals surface area (Å²) in [4.78, 5) is 37.7. The molecule has 4 aromatic rings. The normalized spacial score (nSPS) is 13.6. The number of fused-ring (bicyclic) bond motifs is 2. The summed E-state index contributed by atoms with van der Waals surface area (Å²) >= 11 is 0. The summed E-state index contributed by atoms with van der Waals surface area (Å²) in [5.74, 6) is -0.473. The number of hydrogen-bond acceptors (Lipinski definition) is 7. The highest BCUT2D eigenvalue weighted by molar-refractivity contribution is 7.92. The summed E-state index contributed by atoms with van der Waals surface area (Å²) in [6.07, 6.45) is 3.16. The summed E-state index contributed by atoms with van der Waals surface area (Å²) in [6.45, 7) is 3.43. The van der Waals surface area contributed by atoms with Crippen molar-refractivity contribution in [2.24, 2.45) is 0 Å². The molecule has 0 saturated heterocycles. The van der Waals surface area contributed by atoms with E-state index >= 15 is 0 Å². The largest absolute Gasteiger partial charge is 0.343 e. The third-order valence-corrected chi connectivity index (χ3v) is 8.03. The maximum absolute atomic E-state index is 13.1. The van der Waals surface area contributed by atoms with Crippen molar-refractivity contribution in [1.82, 2.24) is 15.0 Å². The molecule has 2 aromatic carbocycles. The van der Waals surface area contributed by atoms with Gasteiger partial charge < -0.3 is 9.88 Å². The topological polar surface area (TPSA) is 139 Å². The first-order valence-electron chi connectivity index (χ1n) is 10.4. The van der Waals surface area contributed by atoms with Crippen LogP contribution >= 0.6 is 0 Å². The Labute approximate surface area is 194 Å². The standard InChI is InChI=1S/C23H19N5O5S/c1-13(2)34(32,33)16-8-6-14(7-9-16)17-10-24-22-21(26-17)19(11-25-22)27-12-15-4-3-5-18(28(30)31)20(15)23(27)29/h3-11,13H,12H2,1-2H3,(H,24,25). The lowest BCUT2D eigenvalue weighted by molar-refractivity contribution is -0.385. The molecule has 0 aliphatic carbocycles. The molecule has 0 saturated carbocycles. The lowest BCUT2D eigenvalue weighted by atomic mass is 10.1. The fraction of sp³-hybridized carbons (Fsp3) is 0.174. The lowest BCUT2D eigenvalue weighted by Gasteiger charge is -2.14. The van der Waals surface area contributed by atoms with E-state index in [0.29, 0.717) is 33.7 Å². The Morgan fingerprint density at radius 2 is 1.88 bits per heavy atom. The van der Waals surface area contributed by atoms with Crippen LogP contribution in [0.4, 0.5) is 11.4 Å². The second-order valence-electron chi connectivity index (χ2n) is 8.20. The number of nitro benzene ring substituents is 1. The van der Waals surface area contributed by atoms with Crippen molar-refractivity contribution in [1.29, 1.82) is 0 Å². The molecule has 0 bridgehead atoms. The first-order valence-corrected chi connectivity index (χ1v) is 12.0. The molecule has 0 atom stereocenters. The first-order chi connectivity index (χ1) is 16.2. The Morgan fingerprint density at radius 3 is 2.56 bits per heavy atom. The van der Waals surface area contributed by atoms with Crippen LogP contribution in [0.25, 0.3) is 22.4 Å². The fourth-order valence-electron chi connectivity index (χ4n) is 4.00. The van der Waals surface area contributed by atoms with Crippen molar-refractivity contribution in [3.05, 3.63) is 76.1 Å². The van der Waals surface area contributed by atoms with Crippen molar-refractivity contribution in [3.8, 4) is 11.3 Å². The van der Waals surface area contributed by atoms with Crippen molar-refractivity contribution >= 4 is 38.3 Å². The summed E-state index contributed by atoms with van der Waals surface area (Å²) in [6, 6.07) is 11.0. The van der Waals surface area contributed by atoms with E-state index in [2.05, 4.69) is 15.0 Å². The number of hydrogen-bond donors (Lipinski definition) is 1. The molecular formula is C23H19N5O5S. The van der Waals surface area contributed by atoms with Gasteiger partial charge in [-0.2, -0.15) is 0 Å². The van der Waals surface area contributed by atoms with E-state index in [4.69, 9.17) is 0 Å². The zero-order chi connectivity index (χ0) is 24.2. The summed E-state index contributed by atoms with van der Waals surface area (Å²) in [5.41, 5.74) is 2.92. The van der Waals surface area contributed by atoms with Crippen LogP contribution in [0.3, 0.4) is 0 Å². The molecule has 1 amide bonds. The van der Waals surface area contributed by atoms with Gasteiger partial charge in [-0.15, -0.1) is 0 Å². The fourth-order valence-corrected chi connectivity index (χ4v) is 5.06. The quantitative estimate of drug-likeness (QED) is 0.340. The molecule has 11 heteroatoms. The Bertz CT molecular complexity index is 1580. The molecular weight excluding hydrogens is 458 g/mol. The Morgan fingerprint density at radius 1 is 1.15 bits per heavy atom. The number of nitrogens with one attached hydrogen (secondary N) is 1. The molecule has 172 valence electrons. The van der Waals surface area contributed by atoms with Gasteiger partial charge in [0.15, 0.2) is 15.5 Å². The highest BCUT2D eigenvalue weighted by Gasteiger charge is 2.36. The minimum atomic E-state index is -3.39. The summed E-state index contributed by atoms with van der Waals surface area (Å²) in [5, 5.41) is 10.9. The predicted octanol–water partition coefficient (Wildman–Crippen LogP) is 3.88. The van der Waals surface area contributed by atoms with Gasteiger partial charge >= 0.3 is 0 Å². The van der Waals surface area contributed by atoms with E-state index in [1.807, 2.05) is 0 Å². The van der Waals surface area contributed by atoms with Crippen molar-refractivity contribution in [2.45, 2.75) is 30.5 Å². The minimum Gasteiger partial charge on any atom is -0.343 e. The van der Waals surface area contributed by atoms with Crippen LogP contribution in [0.15, 0.2) is 59.8 Å². The molecule has 3 heterocycles. The van der Waals surface area contributed by atoms with Gasteiger partial charge in [0.05, 0.1) is 39.2 Å². The average molecular weight is 478 g/mol. The van der Waals surface area contributed by atoms with Crippen LogP contribution < -0.4 is 4.90 Å². The Balaban J connectivity index is 1.53. The van der Waals surface area contributed by atoms with Crippen molar-refractivity contribution in [3.63, 3.8) is 0 Å². The number of amides is 1. The van der Waals surface area contributed by atoms with E-state index < -0.39 is 25.9 Å². The maximum Gasteiger partial charge on any atom is 0.282 e. The molecule has 1 N–H and O–H groups in total. The average Bonchev–Trinajstić information content (AvgIpc) is 3.39. The Hall–Kier alpha value is -4.12. The summed E-state index contributed by atoms with van der Waals surface area (Å²) < 4.78 is 24.8. The van der Waals surface area contributed by atoms with Gasteiger partial charge in [-0.3, -0.25) is 14.9 Å². The number of aromatic amines is 1. The molecule has 0 radical (unpaired) electrons. The minimum absolute atomic E-state index is 0.0768. The molecule has 0 fully saturated rings. The SMILES string of the molecule is CC(C)S(=O)(=O)c1ccc(-c2cnc3[nH]cc(N4Cc5cccc([N+](=O)[O-])c5C4=O)c3n2)cc1. The zero-order valence-corrected chi connectivity index (χ0v) is 19.0. The molecule has 1 aliphatic heterocycles. The van der Waals surface area contributed by atoms with Gasteiger partial charge in [0.2, 0.25) is 0 Å². The van der Waals surface area contributed by atoms with Crippen LogP contribution in [0.1, 0.15) is 29.8 Å². The number of rotatable bonds is 5. The van der Waals surface area contributed by atoms with Crippen LogP contribution in [0, 0.1) is 10.1 Å². The van der Waals surface area contributed by atoms with Crippen LogP contribution in [0.5, 0.6) is 0 Å². The molecule has 5 rings (SSSR count). The number of sulfone groups is 1. The highest BCUT2D eigenvalue weighted by atomic mass is 32.2. The lowest BCUT2D eigenvalue weighted by Crippen LogP contribution is -2.23. The predicted molar refractivity (Wildman–Crippen MR) is 125 cm³/mol. The van der Waals surface area contributed by atoms with Gasteiger partial charge in [-0.05, 0) is 31.5 Å². The molecule has 2 aromatic heterocycles. The second kappa shape index (κ2) is 7.73. The van der Waals surface area contributed by atoms with E-state index in [1.54, 1.807) is 50.5 Å². The van der Waals surface area contributed by atoms with Crippen LogP contribution in [-0.4, -0.2) is 39.5 Å². The first kappa shape index (κ1) is 21.7. The van der Waals surface area contributed by atoms with Gasteiger partial charge in [0, 0.05) is 17.8 Å². The number of H-pyrrole nitrogens is 1. The van der Waals surface area contributed by atoms with Crippen LogP contribution in [0.2, 0.25) is 0 Å². The third-order valence-electron chi connectivity index (χ3n) is 5.86. The van der Waals surface area contributed by atoms with Crippen molar-refractivity contribution < 1.29 is 18.1 Å². The van der Waals surface area contributed by atoms with E-state index in [1.165, 1.54) is 23.1 Å². The van der Waals surface area contributed by atoms with E-state index in [9.17, 15) is 23.3 Å². The highest BCUT2D eigenvalue weighted by Crippen LogP contribution is 2.36. The monoisotopic (exact) mass is 477 g/mol.